The molecule has 2 aliphatic rings. The molecule has 1 saturated heterocycles. The smallest absolute Gasteiger partial charge is 0.253 e. The summed E-state index contributed by atoms with van der Waals surface area (Å²) in [4.78, 5) is 73.5. The predicted octanol–water partition coefficient (Wildman–Crippen LogP) is -2.96. The number of rotatable bonds is 47. The average molecular weight is 1090 g/mol. The second-order valence-corrected chi connectivity index (χ2v) is 17.9. The van der Waals surface area contributed by atoms with E-state index >= 15 is 0 Å². The zero-order valence-electron chi connectivity index (χ0n) is 42.3. The Morgan fingerprint density at radius 1 is 0.486 bits per heavy atom. The molecule has 2 heterocycles. The van der Waals surface area contributed by atoms with Crippen LogP contribution in [0, 0.1) is 0 Å². The molecule has 1 fully saturated rings. The van der Waals surface area contributed by atoms with Crippen molar-refractivity contribution in [2.45, 2.75) is 138 Å². The van der Waals surface area contributed by atoms with Crippen molar-refractivity contribution in [2.75, 3.05) is 112 Å². The molecule has 7 unspecified atom stereocenters. The molecule has 0 bridgehead atoms. The molecule has 74 heavy (non-hydrogen) atoms. The highest BCUT2D eigenvalue weighted by atomic mass is 32.2. The second-order valence-electron chi connectivity index (χ2n) is 16.9. The van der Waals surface area contributed by atoms with Gasteiger partial charge in [0.1, 0.15) is 36.0 Å². The lowest BCUT2D eigenvalue weighted by Gasteiger charge is -2.25. The van der Waals surface area contributed by atoms with Crippen molar-refractivity contribution in [1.29, 1.82) is 0 Å². The molecule has 0 aromatic rings. The molecule has 0 aromatic carbocycles. The van der Waals surface area contributed by atoms with Crippen LogP contribution in [0.5, 0.6) is 0 Å². The van der Waals surface area contributed by atoms with Crippen molar-refractivity contribution in [3.05, 3.63) is 12.2 Å². The third-order valence-corrected chi connectivity index (χ3v) is 11.9. The zero-order chi connectivity index (χ0) is 55.1. The summed E-state index contributed by atoms with van der Waals surface area (Å²) in [7, 11) is 0. The van der Waals surface area contributed by atoms with Gasteiger partial charge in [0.2, 0.25) is 11.8 Å². The molecule has 26 nitrogen and oxygen atoms in total. The molecule has 0 aromatic heterocycles. The lowest BCUT2D eigenvalue weighted by molar-refractivity contribution is -0.240. The molecule has 27 heteroatoms. The molecular formula is C47H82N2O24S. The molecule has 0 saturated carbocycles. The van der Waals surface area contributed by atoms with Gasteiger partial charge in [-0.25, -0.2) is 0 Å². The van der Waals surface area contributed by atoms with Crippen molar-refractivity contribution < 1.29 is 118 Å². The monoisotopic (exact) mass is 1090 g/mol. The van der Waals surface area contributed by atoms with Gasteiger partial charge in [-0.1, -0.05) is 12.8 Å². The number of Topliss-reactive ketones (excluding diaryl/α,β-unsaturated/α-hetero) is 2. The number of carbonyl (C=O) groups excluding carboxylic acids is 6. The number of carbonyl (C=O) groups is 6. The number of likely N-dealkylation sites (tertiary alicyclic amines) is 1. The molecule has 0 spiro atoms. The van der Waals surface area contributed by atoms with Crippen LogP contribution in [-0.4, -0.2) is 263 Å². The molecular weight excluding hydrogens is 1010 g/mol. The van der Waals surface area contributed by atoms with Crippen LogP contribution in [0.4, 0.5) is 0 Å². The first-order valence-electron chi connectivity index (χ1n) is 24.8. The van der Waals surface area contributed by atoms with Crippen LogP contribution in [0.15, 0.2) is 12.2 Å². The van der Waals surface area contributed by atoms with E-state index in [-0.39, 0.29) is 86.1 Å². The zero-order valence-corrected chi connectivity index (χ0v) is 43.2. The van der Waals surface area contributed by atoms with Gasteiger partial charge in [-0.05, 0) is 44.8 Å². The highest BCUT2D eigenvalue weighted by molar-refractivity contribution is 8.00. The fourth-order valence-corrected chi connectivity index (χ4v) is 7.50. The summed E-state index contributed by atoms with van der Waals surface area (Å²) in [5.41, 5.74) is 0. The first-order valence-corrected chi connectivity index (χ1v) is 26.1. The van der Waals surface area contributed by atoms with Gasteiger partial charge in [-0.15, -0.1) is 0 Å². The number of imide groups is 2. The Kier molecular flexibility index (Phi) is 40.1. The van der Waals surface area contributed by atoms with Gasteiger partial charge >= 0.3 is 0 Å². The fraction of sp³-hybridized carbons (Fsp3) is 0.830. The number of aliphatic hydroxyl groups excluding tert-OH is 10. The number of hydrogen-bond acceptors (Lipinski definition) is 25. The van der Waals surface area contributed by atoms with Gasteiger partial charge in [0, 0.05) is 57.3 Å². The minimum atomic E-state index is -1.16. The maximum Gasteiger partial charge on any atom is 0.253 e. The molecule has 2 rings (SSSR count). The molecule has 7 atom stereocenters. The lowest BCUT2D eigenvalue weighted by atomic mass is 10.1. The van der Waals surface area contributed by atoms with E-state index in [1.807, 2.05) is 6.26 Å². The Morgan fingerprint density at radius 2 is 0.838 bits per heavy atom. The quantitative estimate of drug-likeness (QED) is 0.0165. The second kappa shape index (κ2) is 43.0. The largest absolute Gasteiger partial charge is 0.394 e. The SMILES string of the molecule is CSC1CC(=O)N(CCCCCC(=O)CCCOC(CO)OC(CO)COC(CO)OC(CO)CO)C1=O.O=C(CCCCCN1C(=O)C=CC1=O)CCCOC(CO)OC(CO)COC(CO)OC(CO)CO. The molecule has 430 valence electrons. The van der Waals surface area contributed by atoms with Crippen molar-refractivity contribution in [2.24, 2.45) is 0 Å². The van der Waals surface area contributed by atoms with Crippen LogP contribution in [0.25, 0.3) is 0 Å². The normalized spacial score (nSPS) is 17.3. The van der Waals surface area contributed by atoms with E-state index in [4.69, 9.17) is 58.3 Å². The van der Waals surface area contributed by atoms with Gasteiger partial charge in [-0.2, -0.15) is 11.8 Å². The van der Waals surface area contributed by atoms with E-state index in [0.717, 1.165) is 6.42 Å². The molecule has 0 radical (unpaired) electrons. The van der Waals surface area contributed by atoms with E-state index in [2.05, 4.69) is 0 Å². The number of ketones is 2. The molecule has 0 aliphatic carbocycles. The summed E-state index contributed by atoms with van der Waals surface area (Å²) in [6.07, 6.45) is 2.64. The minimum Gasteiger partial charge on any atom is -0.394 e. The molecule has 2 aliphatic heterocycles. The standard InChI is InChI=1S/C24H43NO12S.C23H39NO12/c1-38-20-10-21(32)25(24(20)33)8-4-2-3-6-17(31)7-5-9-34-22(14-29)37-19(13-28)16-35-23(15-30)36-18(11-26)12-27;25-11-18(12-26)35-23(15-29)34-16-19(13-27)36-22(14-28)33-10-4-6-17(30)5-2-1-3-9-24-20(31)7-8-21(24)32/h18-20,22-23,26-30H,2-16H2,1H3;7-8,18-19,22-23,25-29H,1-6,9-16H2. The van der Waals surface area contributed by atoms with E-state index in [1.165, 1.54) is 33.7 Å². The first-order chi connectivity index (χ1) is 35.7. The van der Waals surface area contributed by atoms with Crippen LogP contribution < -0.4 is 0 Å². The van der Waals surface area contributed by atoms with Crippen LogP contribution in [-0.2, 0) is 66.7 Å². The minimum absolute atomic E-state index is 0.0517. The summed E-state index contributed by atoms with van der Waals surface area (Å²) in [6, 6.07) is 0. The topological polar surface area (TPSA) is 385 Å². The first kappa shape index (κ1) is 69.0. The van der Waals surface area contributed by atoms with Crippen molar-refractivity contribution >= 4 is 47.0 Å². The van der Waals surface area contributed by atoms with Gasteiger partial charge < -0.3 is 89.0 Å². The maximum atomic E-state index is 12.1. The van der Waals surface area contributed by atoms with Crippen LogP contribution in [0.2, 0.25) is 0 Å². The van der Waals surface area contributed by atoms with Crippen molar-refractivity contribution in [3.63, 3.8) is 0 Å². The Morgan fingerprint density at radius 3 is 1.19 bits per heavy atom. The van der Waals surface area contributed by atoms with Crippen LogP contribution in [0.1, 0.15) is 83.5 Å². The average Bonchev–Trinajstić information content (AvgIpc) is 3.88. The van der Waals surface area contributed by atoms with Gasteiger partial charge in [-0.3, -0.25) is 38.6 Å². The highest BCUT2D eigenvalue weighted by Crippen LogP contribution is 2.23. The van der Waals surface area contributed by atoms with Crippen molar-refractivity contribution in [1.82, 2.24) is 9.80 Å². The third kappa shape index (κ3) is 29.5. The third-order valence-electron chi connectivity index (χ3n) is 11.0. The number of ether oxygens (including phenoxy) is 8. The number of nitrogens with zero attached hydrogens (tertiary/aromatic N) is 2. The van der Waals surface area contributed by atoms with Gasteiger partial charge in [0.25, 0.3) is 11.8 Å². The highest BCUT2D eigenvalue weighted by Gasteiger charge is 2.37. The Labute approximate surface area is 435 Å². The number of unbranched alkanes of at least 4 members (excludes halogenated alkanes) is 4. The summed E-state index contributed by atoms with van der Waals surface area (Å²) >= 11 is 1.39. The summed E-state index contributed by atoms with van der Waals surface area (Å²) < 4.78 is 42.6. The van der Waals surface area contributed by atoms with E-state index < -0.39 is 116 Å². The predicted molar refractivity (Wildman–Crippen MR) is 259 cm³/mol. The fourth-order valence-electron chi connectivity index (χ4n) is 6.86. The Bertz CT molecular complexity index is 1560. The number of thioether (sulfide) groups is 1. The Balaban J connectivity index is 0.000000741. The van der Waals surface area contributed by atoms with Crippen LogP contribution >= 0.6 is 11.8 Å². The van der Waals surface area contributed by atoms with Gasteiger partial charge in [0.05, 0.1) is 97.7 Å². The van der Waals surface area contributed by atoms with Crippen molar-refractivity contribution in [3.8, 4) is 0 Å². The van der Waals surface area contributed by atoms with Gasteiger partial charge in [0.15, 0.2) is 25.2 Å². The van der Waals surface area contributed by atoms with E-state index in [9.17, 15) is 59.4 Å². The molecule has 10 N–H and O–H groups in total. The maximum absolute atomic E-state index is 12.1. The summed E-state index contributed by atoms with van der Waals surface area (Å²) in [5.74, 6) is -0.763. The number of hydrogen-bond donors (Lipinski definition) is 10. The van der Waals surface area contributed by atoms with Crippen LogP contribution in [0.3, 0.4) is 0 Å². The van der Waals surface area contributed by atoms with E-state index in [0.29, 0.717) is 70.9 Å². The Hall–Kier alpha value is -3.01. The van der Waals surface area contributed by atoms with E-state index in [1.54, 1.807) is 0 Å². The lowest BCUT2D eigenvalue weighted by Crippen LogP contribution is -2.37. The number of amides is 4. The number of aliphatic hydroxyl groups is 10. The molecule has 4 amide bonds. The summed E-state index contributed by atoms with van der Waals surface area (Å²) in [6.45, 7) is -4.38. The summed E-state index contributed by atoms with van der Waals surface area (Å²) in [5, 5.41) is 92.3.